The van der Waals surface area contributed by atoms with E-state index < -0.39 is 0 Å². The smallest absolute Gasteiger partial charge is 0.210 e. The summed E-state index contributed by atoms with van der Waals surface area (Å²) in [6.07, 6.45) is 0. The number of hydrogen-bond acceptors (Lipinski definition) is 6. The SMILES string of the molecule is COCCSc1nnc(Nc2ccc(C)c(C)c2)s1. The largest absolute Gasteiger partial charge is 0.384 e. The zero-order chi connectivity index (χ0) is 13.7. The Balaban J connectivity index is 1.97. The molecule has 0 aliphatic carbocycles. The third kappa shape index (κ3) is 4.19. The van der Waals surface area contributed by atoms with Crippen molar-refractivity contribution >= 4 is 33.9 Å². The van der Waals surface area contributed by atoms with Crippen LogP contribution in [0.1, 0.15) is 11.1 Å². The number of rotatable bonds is 6. The van der Waals surface area contributed by atoms with Crippen molar-refractivity contribution in [3.8, 4) is 0 Å². The van der Waals surface area contributed by atoms with E-state index in [-0.39, 0.29) is 0 Å². The van der Waals surface area contributed by atoms with Gasteiger partial charge < -0.3 is 10.1 Å². The standard InChI is InChI=1S/C13H17N3OS2/c1-9-4-5-11(8-10(9)2)14-12-15-16-13(19-12)18-7-6-17-3/h4-5,8H,6-7H2,1-3H3,(H,14,15). The highest BCUT2D eigenvalue weighted by molar-refractivity contribution is 8.01. The van der Waals surface area contributed by atoms with Crippen molar-refractivity contribution in [3.63, 3.8) is 0 Å². The van der Waals surface area contributed by atoms with Gasteiger partial charge in [-0.05, 0) is 37.1 Å². The topological polar surface area (TPSA) is 47.0 Å². The Hall–Kier alpha value is -1.11. The number of aryl methyl sites for hydroxylation is 2. The lowest BCUT2D eigenvalue weighted by atomic mass is 10.1. The predicted octanol–water partition coefficient (Wildman–Crippen LogP) is 3.64. The summed E-state index contributed by atoms with van der Waals surface area (Å²) < 4.78 is 5.97. The Bertz CT molecular complexity index is 542. The molecular weight excluding hydrogens is 278 g/mol. The van der Waals surface area contributed by atoms with Crippen molar-refractivity contribution in [2.75, 3.05) is 24.8 Å². The number of anilines is 2. The number of aromatic nitrogens is 2. The maximum Gasteiger partial charge on any atom is 0.210 e. The van der Waals surface area contributed by atoms with E-state index in [1.54, 1.807) is 30.2 Å². The number of benzene rings is 1. The Morgan fingerprint density at radius 1 is 1.26 bits per heavy atom. The maximum absolute atomic E-state index is 5.01. The summed E-state index contributed by atoms with van der Waals surface area (Å²) in [4.78, 5) is 0. The van der Waals surface area contributed by atoms with Crippen LogP contribution < -0.4 is 5.32 Å². The molecule has 0 fully saturated rings. The third-order valence-corrected chi connectivity index (χ3v) is 4.61. The van der Waals surface area contributed by atoms with Crippen molar-refractivity contribution in [3.05, 3.63) is 29.3 Å². The van der Waals surface area contributed by atoms with E-state index in [0.717, 1.165) is 27.5 Å². The summed E-state index contributed by atoms with van der Waals surface area (Å²) >= 11 is 3.22. The molecule has 1 aromatic carbocycles. The minimum atomic E-state index is 0.726. The third-order valence-electron chi connectivity index (χ3n) is 2.68. The average Bonchev–Trinajstić information content (AvgIpc) is 2.82. The van der Waals surface area contributed by atoms with Gasteiger partial charge in [0.15, 0.2) is 4.34 Å². The van der Waals surface area contributed by atoms with Gasteiger partial charge in [0.25, 0.3) is 0 Å². The van der Waals surface area contributed by atoms with Crippen molar-refractivity contribution in [1.82, 2.24) is 10.2 Å². The van der Waals surface area contributed by atoms with Gasteiger partial charge in [-0.2, -0.15) is 0 Å². The zero-order valence-electron chi connectivity index (χ0n) is 11.3. The molecule has 0 atom stereocenters. The summed E-state index contributed by atoms with van der Waals surface area (Å²) in [5.74, 6) is 0.898. The molecule has 4 nitrogen and oxygen atoms in total. The fraction of sp³-hybridized carbons (Fsp3) is 0.385. The number of hydrogen-bond donors (Lipinski definition) is 1. The van der Waals surface area contributed by atoms with Crippen molar-refractivity contribution < 1.29 is 4.74 Å². The van der Waals surface area contributed by atoms with Crippen LogP contribution in [0.25, 0.3) is 0 Å². The lowest BCUT2D eigenvalue weighted by molar-refractivity contribution is 0.218. The quantitative estimate of drug-likeness (QED) is 0.651. The van der Waals surface area contributed by atoms with Crippen molar-refractivity contribution in [1.29, 1.82) is 0 Å². The Morgan fingerprint density at radius 2 is 2.11 bits per heavy atom. The van der Waals surface area contributed by atoms with E-state index >= 15 is 0 Å². The van der Waals surface area contributed by atoms with Gasteiger partial charge in [0.2, 0.25) is 5.13 Å². The monoisotopic (exact) mass is 295 g/mol. The number of nitrogens with zero attached hydrogens (tertiary/aromatic N) is 2. The van der Waals surface area contributed by atoms with Crippen LogP contribution in [0.15, 0.2) is 22.5 Å². The Morgan fingerprint density at radius 3 is 2.84 bits per heavy atom. The van der Waals surface area contributed by atoms with Crippen LogP contribution >= 0.6 is 23.1 Å². The molecule has 0 aliphatic rings. The average molecular weight is 295 g/mol. The minimum absolute atomic E-state index is 0.726. The van der Waals surface area contributed by atoms with E-state index in [1.807, 2.05) is 0 Å². The van der Waals surface area contributed by atoms with Crippen LogP contribution in [0.3, 0.4) is 0 Å². The lowest BCUT2D eigenvalue weighted by Gasteiger charge is -2.05. The minimum Gasteiger partial charge on any atom is -0.384 e. The number of nitrogens with one attached hydrogen (secondary N) is 1. The molecule has 0 aliphatic heterocycles. The first-order chi connectivity index (χ1) is 9.19. The first-order valence-corrected chi connectivity index (χ1v) is 7.79. The molecule has 0 saturated heterocycles. The van der Waals surface area contributed by atoms with Gasteiger partial charge in [0.1, 0.15) is 0 Å². The molecule has 0 saturated carbocycles. The second-order valence-electron chi connectivity index (χ2n) is 4.14. The second kappa shape index (κ2) is 6.88. The fourth-order valence-electron chi connectivity index (χ4n) is 1.47. The van der Waals surface area contributed by atoms with Gasteiger partial charge in [-0.3, -0.25) is 0 Å². The first kappa shape index (κ1) is 14.3. The molecule has 0 spiro atoms. The Labute approximate surface area is 121 Å². The van der Waals surface area contributed by atoms with E-state index in [4.69, 9.17) is 4.74 Å². The Kier molecular flexibility index (Phi) is 5.18. The molecular formula is C13H17N3OS2. The molecule has 2 aromatic rings. The molecule has 1 heterocycles. The van der Waals surface area contributed by atoms with Crippen molar-refractivity contribution in [2.24, 2.45) is 0 Å². The number of thioether (sulfide) groups is 1. The van der Waals surface area contributed by atoms with Crippen LogP contribution in [0.4, 0.5) is 10.8 Å². The molecule has 1 aromatic heterocycles. The molecule has 102 valence electrons. The van der Waals surface area contributed by atoms with E-state index in [0.29, 0.717) is 0 Å². The van der Waals surface area contributed by atoms with E-state index in [2.05, 4.69) is 47.6 Å². The predicted molar refractivity (Wildman–Crippen MR) is 81.7 cm³/mol. The van der Waals surface area contributed by atoms with Gasteiger partial charge in [0, 0.05) is 18.6 Å². The van der Waals surface area contributed by atoms with Crippen LogP contribution in [0.2, 0.25) is 0 Å². The van der Waals surface area contributed by atoms with Crippen LogP contribution in [-0.2, 0) is 4.74 Å². The first-order valence-electron chi connectivity index (χ1n) is 5.98. The number of ether oxygens (including phenoxy) is 1. The normalized spacial score (nSPS) is 10.7. The van der Waals surface area contributed by atoms with Gasteiger partial charge in [-0.25, -0.2) is 0 Å². The molecule has 6 heteroatoms. The molecule has 19 heavy (non-hydrogen) atoms. The van der Waals surface area contributed by atoms with Gasteiger partial charge >= 0.3 is 0 Å². The van der Waals surface area contributed by atoms with Crippen molar-refractivity contribution in [2.45, 2.75) is 18.2 Å². The highest BCUT2D eigenvalue weighted by Gasteiger charge is 2.05. The number of methoxy groups -OCH3 is 1. The molecule has 0 unspecified atom stereocenters. The highest BCUT2D eigenvalue weighted by atomic mass is 32.2. The molecule has 2 rings (SSSR count). The molecule has 0 radical (unpaired) electrons. The summed E-state index contributed by atoms with van der Waals surface area (Å²) in [7, 11) is 1.70. The van der Waals surface area contributed by atoms with Gasteiger partial charge in [0.05, 0.1) is 6.61 Å². The lowest BCUT2D eigenvalue weighted by Crippen LogP contribution is -1.91. The second-order valence-corrected chi connectivity index (χ2v) is 6.46. The molecule has 0 bridgehead atoms. The zero-order valence-corrected chi connectivity index (χ0v) is 12.9. The highest BCUT2D eigenvalue weighted by Crippen LogP contribution is 2.28. The van der Waals surface area contributed by atoms with E-state index in [1.165, 1.54) is 11.1 Å². The van der Waals surface area contributed by atoms with Crippen LogP contribution in [0, 0.1) is 13.8 Å². The summed E-state index contributed by atoms with van der Waals surface area (Å²) in [6.45, 7) is 4.94. The van der Waals surface area contributed by atoms with Gasteiger partial charge in [-0.15, -0.1) is 10.2 Å². The van der Waals surface area contributed by atoms with Crippen LogP contribution in [0.5, 0.6) is 0 Å². The molecule has 0 amide bonds. The van der Waals surface area contributed by atoms with Gasteiger partial charge in [-0.1, -0.05) is 29.2 Å². The summed E-state index contributed by atoms with van der Waals surface area (Å²) in [6, 6.07) is 6.28. The fourth-order valence-corrected chi connectivity index (χ4v) is 3.22. The maximum atomic E-state index is 5.01. The summed E-state index contributed by atoms with van der Waals surface area (Å²) in [5.41, 5.74) is 3.61. The summed E-state index contributed by atoms with van der Waals surface area (Å²) in [5, 5.41) is 12.4. The van der Waals surface area contributed by atoms with Crippen LogP contribution in [-0.4, -0.2) is 29.7 Å². The van der Waals surface area contributed by atoms with E-state index in [9.17, 15) is 0 Å². The molecule has 1 N–H and O–H groups in total.